The Morgan fingerprint density at radius 2 is 1.81 bits per heavy atom. The van der Waals surface area contributed by atoms with E-state index < -0.39 is 28.8 Å². The van der Waals surface area contributed by atoms with Crippen molar-refractivity contribution in [1.82, 2.24) is 0 Å². The van der Waals surface area contributed by atoms with E-state index in [0.29, 0.717) is 22.5 Å². The monoisotopic (exact) mass is 498 g/mol. The fourth-order valence-electron chi connectivity index (χ4n) is 3.75. The molecule has 4 nitrogen and oxygen atoms in total. The minimum atomic E-state index is -4.78. The van der Waals surface area contributed by atoms with Gasteiger partial charge in [-0.2, -0.15) is 13.2 Å². The Balaban J connectivity index is 0.00000176. The highest BCUT2D eigenvalue weighted by atomic mass is 19.4. The number of aryl methyl sites for hydroxylation is 1. The molecule has 1 aliphatic rings. The number of carbonyl (C=O) groups is 1. The van der Waals surface area contributed by atoms with Gasteiger partial charge < -0.3 is 9.64 Å². The van der Waals surface area contributed by atoms with Crippen molar-refractivity contribution in [2.45, 2.75) is 40.4 Å². The zero-order valence-corrected chi connectivity index (χ0v) is 20.4. The summed E-state index contributed by atoms with van der Waals surface area (Å²) in [5, 5.41) is 0. The molecular formula is C28H26F4N2O2. The number of hydrogen-bond donors (Lipinski definition) is 0. The molecule has 0 radical (unpaired) electrons. The molecule has 4 rings (SSSR count). The molecule has 188 valence electrons. The van der Waals surface area contributed by atoms with Crippen LogP contribution in [0.3, 0.4) is 0 Å². The minimum Gasteiger partial charge on any atom is -0.457 e. The predicted octanol–water partition coefficient (Wildman–Crippen LogP) is 8.19. The second-order valence-corrected chi connectivity index (χ2v) is 7.93. The Kier molecular flexibility index (Phi) is 7.97. The van der Waals surface area contributed by atoms with Crippen LogP contribution in [0.25, 0.3) is 5.70 Å². The molecule has 1 aliphatic heterocycles. The minimum absolute atomic E-state index is 0.115. The van der Waals surface area contributed by atoms with Crippen LogP contribution in [0.15, 0.2) is 66.2 Å². The Morgan fingerprint density at radius 3 is 2.44 bits per heavy atom. The second-order valence-electron chi connectivity index (χ2n) is 7.93. The number of benzene rings is 3. The smallest absolute Gasteiger partial charge is 0.420 e. The standard InChI is InChI=1S/C26H20F4N2O2.C2H6/c1-15-7-8-18(22(27)11-15)13-32-14-31-16(2)21-12-19(9-10-23(21)32)34-24-6-4-5-20(17(3)33)25(24)26(28,29)30;1-2/h4-12,14H,2,13H2,1,3H3;1-2H3. The maximum Gasteiger partial charge on any atom is 0.420 e. The molecule has 0 fully saturated rings. The molecule has 0 bridgehead atoms. The lowest BCUT2D eigenvalue weighted by Gasteiger charge is -2.27. The highest BCUT2D eigenvalue weighted by Crippen LogP contribution is 2.42. The normalized spacial score (nSPS) is 12.6. The Bertz CT molecular complexity index is 1330. The fourth-order valence-corrected chi connectivity index (χ4v) is 3.75. The molecule has 36 heavy (non-hydrogen) atoms. The van der Waals surface area contributed by atoms with Crippen LogP contribution in [0.2, 0.25) is 0 Å². The van der Waals surface area contributed by atoms with Gasteiger partial charge in [0.2, 0.25) is 0 Å². The molecule has 0 amide bonds. The van der Waals surface area contributed by atoms with Crippen LogP contribution in [0.4, 0.5) is 23.2 Å². The SMILES string of the molecule is C=C1N=CN(Cc2ccc(C)cc2F)c2ccc(Oc3cccc(C(C)=O)c3C(F)(F)F)cc21.CC. The van der Waals surface area contributed by atoms with E-state index in [1.54, 1.807) is 24.0 Å². The Hall–Kier alpha value is -3.94. The molecule has 3 aromatic carbocycles. The lowest BCUT2D eigenvalue weighted by molar-refractivity contribution is -0.138. The molecule has 0 saturated carbocycles. The number of fused-ring (bicyclic) bond motifs is 1. The quantitative estimate of drug-likeness (QED) is 0.263. The molecule has 1 heterocycles. The average molecular weight is 499 g/mol. The summed E-state index contributed by atoms with van der Waals surface area (Å²) in [5.41, 5.74) is 1.24. The summed E-state index contributed by atoms with van der Waals surface area (Å²) >= 11 is 0. The molecule has 0 aromatic heterocycles. The number of aliphatic imine (C=N–C) groups is 1. The summed E-state index contributed by atoms with van der Waals surface area (Å²) in [6.07, 6.45) is -3.25. The third kappa shape index (κ3) is 5.64. The van der Waals surface area contributed by atoms with Crippen LogP contribution in [0, 0.1) is 12.7 Å². The number of Topliss-reactive ketones (excluding diaryl/α,β-unsaturated/α-hetero) is 1. The van der Waals surface area contributed by atoms with E-state index in [9.17, 15) is 22.4 Å². The van der Waals surface area contributed by atoms with E-state index in [0.717, 1.165) is 24.6 Å². The van der Waals surface area contributed by atoms with Gasteiger partial charge in [0.1, 0.15) is 22.9 Å². The van der Waals surface area contributed by atoms with Crippen LogP contribution >= 0.6 is 0 Å². The average Bonchev–Trinajstić information content (AvgIpc) is 2.83. The molecular weight excluding hydrogens is 472 g/mol. The van der Waals surface area contributed by atoms with Crippen LogP contribution < -0.4 is 9.64 Å². The summed E-state index contributed by atoms with van der Waals surface area (Å²) in [5.74, 6) is -1.43. The topological polar surface area (TPSA) is 41.9 Å². The number of anilines is 1. The van der Waals surface area contributed by atoms with Gasteiger partial charge in [-0.3, -0.25) is 4.79 Å². The number of nitrogens with zero attached hydrogens (tertiary/aromatic N) is 2. The first-order valence-electron chi connectivity index (χ1n) is 11.3. The van der Waals surface area contributed by atoms with Crippen molar-refractivity contribution in [2.75, 3.05) is 4.90 Å². The maximum atomic E-state index is 14.4. The summed E-state index contributed by atoms with van der Waals surface area (Å²) in [6, 6.07) is 13.2. The predicted molar refractivity (Wildman–Crippen MR) is 134 cm³/mol. The van der Waals surface area contributed by atoms with E-state index in [-0.39, 0.29) is 18.1 Å². The number of ether oxygens (including phenoxy) is 1. The van der Waals surface area contributed by atoms with Gasteiger partial charge >= 0.3 is 6.18 Å². The number of halogens is 4. The molecule has 0 atom stereocenters. The van der Waals surface area contributed by atoms with Crippen LogP contribution in [-0.2, 0) is 12.7 Å². The van der Waals surface area contributed by atoms with Gasteiger partial charge in [-0.1, -0.05) is 44.7 Å². The van der Waals surface area contributed by atoms with Crippen molar-refractivity contribution in [2.24, 2.45) is 4.99 Å². The molecule has 0 unspecified atom stereocenters. The van der Waals surface area contributed by atoms with E-state index >= 15 is 0 Å². The third-order valence-electron chi connectivity index (χ3n) is 5.41. The van der Waals surface area contributed by atoms with Crippen molar-refractivity contribution in [3.8, 4) is 11.5 Å². The lowest BCUT2D eigenvalue weighted by atomic mass is 10.0. The van der Waals surface area contributed by atoms with E-state index in [4.69, 9.17) is 4.74 Å². The van der Waals surface area contributed by atoms with Gasteiger partial charge in [0.15, 0.2) is 5.78 Å². The number of hydrogen-bond acceptors (Lipinski definition) is 4. The Labute approximate surface area is 207 Å². The molecule has 8 heteroatoms. The highest BCUT2D eigenvalue weighted by molar-refractivity contribution is 5.96. The molecule has 0 spiro atoms. The molecule has 0 saturated heterocycles. The number of ketones is 1. The van der Waals surface area contributed by atoms with E-state index in [2.05, 4.69) is 11.6 Å². The summed E-state index contributed by atoms with van der Waals surface area (Å²) in [7, 11) is 0. The van der Waals surface area contributed by atoms with Crippen LogP contribution in [0.5, 0.6) is 11.5 Å². The third-order valence-corrected chi connectivity index (χ3v) is 5.41. The second kappa shape index (κ2) is 10.8. The zero-order valence-electron chi connectivity index (χ0n) is 20.4. The lowest BCUT2D eigenvalue weighted by Crippen LogP contribution is -2.24. The van der Waals surface area contributed by atoms with Gasteiger partial charge in [-0.25, -0.2) is 9.38 Å². The summed E-state index contributed by atoms with van der Waals surface area (Å²) in [6.45, 7) is 11.0. The van der Waals surface area contributed by atoms with Gasteiger partial charge in [0.05, 0.1) is 24.3 Å². The van der Waals surface area contributed by atoms with E-state index in [1.807, 2.05) is 19.9 Å². The van der Waals surface area contributed by atoms with Crippen LogP contribution in [0.1, 0.15) is 53.4 Å². The van der Waals surface area contributed by atoms with Gasteiger partial charge in [0.25, 0.3) is 0 Å². The van der Waals surface area contributed by atoms with Crippen LogP contribution in [-0.4, -0.2) is 12.1 Å². The highest BCUT2D eigenvalue weighted by Gasteiger charge is 2.38. The molecule has 0 N–H and O–H groups in total. The first-order chi connectivity index (χ1) is 17.0. The zero-order chi connectivity index (χ0) is 26.6. The number of alkyl halides is 3. The van der Waals surface area contributed by atoms with Crippen molar-refractivity contribution >= 4 is 23.5 Å². The maximum absolute atomic E-state index is 14.4. The molecule has 3 aromatic rings. The van der Waals surface area contributed by atoms with Gasteiger partial charge in [-0.15, -0.1) is 0 Å². The Morgan fingerprint density at radius 1 is 1.08 bits per heavy atom. The van der Waals surface area contributed by atoms with Crippen molar-refractivity contribution in [1.29, 1.82) is 0 Å². The number of rotatable bonds is 5. The summed E-state index contributed by atoms with van der Waals surface area (Å²) in [4.78, 5) is 17.7. The fraction of sp³-hybridized carbons (Fsp3) is 0.214. The van der Waals surface area contributed by atoms with Gasteiger partial charge in [0, 0.05) is 16.7 Å². The van der Waals surface area contributed by atoms with Crippen molar-refractivity contribution in [3.63, 3.8) is 0 Å². The first-order valence-corrected chi connectivity index (χ1v) is 11.3. The largest absolute Gasteiger partial charge is 0.457 e. The van der Waals surface area contributed by atoms with E-state index in [1.165, 1.54) is 30.6 Å². The summed E-state index contributed by atoms with van der Waals surface area (Å²) < 4.78 is 61.1. The van der Waals surface area contributed by atoms with Crippen molar-refractivity contribution < 1.29 is 27.1 Å². The number of carbonyl (C=O) groups excluding carboxylic acids is 1. The first kappa shape index (κ1) is 26.7. The van der Waals surface area contributed by atoms with Crippen molar-refractivity contribution in [3.05, 3.63) is 94.8 Å². The molecule has 0 aliphatic carbocycles. The van der Waals surface area contributed by atoms with Gasteiger partial charge in [-0.05, 0) is 49.7 Å².